The third-order valence-corrected chi connectivity index (χ3v) is 2.70. The van der Waals surface area contributed by atoms with Crippen LogP contribution in [0.1, 0.15) is 58.3 Å². The topological polar surface area (TPSA) is 0 Å². The maximum absolute atomic E-state index is 4.05. The smallest absolute Gasteiger partial charge is 0.272 e. The van der Waals surface area contributed by atoms with Crippen LogP contribution in [0.2, 0.25) is 0 Å². The van der Waals surface area contributed by atoms with Gasteiger partial charge in [-0.1, -0.05) is 51.9 Å². The molecule has 0 saturated heterocycles. The van der Waals surface area contributed by atoms with Crippen molar-refractivity contribution in [3.63, 3.8) is 0 Å². The maximum atomic E-state index is 4.05. The molecule has 1 aliphatic carbocycles. The molecule has 0 aromatic heterocycles. The quantitative estimate of drug-likeness (QED) is 0.344. The van der Waals surface area contributed by atoms with Gasteiger partial charge in [0, 0.05) is 0 Å². The van der Waals surface area contributed by atoms with Crippen molar-refractivity contribution >= 4 is 0 Å². The minimum atomic E-state index is 0. The average Bonchev–Trinajstić information content (AvgIpc) is 2.52. The Hall–Kier alpha value is 0.0774. The van der Waals surface area contributed by atoms with Gasteiger partial charge in [-0.25, -0.2) is 5.57 Å². The zero-order chi connectivity index (χ0) is 9.52. The summed E-state index contributed by atoms with van der Waals surface area (Å²) in [5, 5.41) is 0. The molecule has 0 aliphatic heterocycles. The minimum Gasteiger partial charge on any atom is -0.272 e. The number of allylic oxidation sites excluding steroid dienone is 3. The SMILES string of the molecule is C=C1CCCC1=[C-]CCCCCC.[Li+]. The first-order valence-corrected chi connectivity index (χ1v) is 5.62. The predicted molar refractivity (Wildman–Crippen MR) is 58.5 cm³/mol. The number of rotatable bonds is 5. The third kappa shape index (κ3) is 5.08. The molecule has 1 fully saturated rings. The summed E-state index contributed by atoms with van der Waals surface area (Å²) in [5.41, 5.74) is 2.77. The summed E-state index contributed by atoms with van der Waals surface area (Å²) >= 11 is 0. The van der Waals surface area contributed by atoms with Crippen molar-refractivity contribution in [2.24, 2.45) is 0 Å². The van der Waals surface area contributed by atoms with Crippen molar-refractivity contribution in [1.29, 1.82) is 0 Å². The molecule has 0 spiro atoms. The molecule has 0 aromatic rings. The molecule has 0 aromatic carbocycles. The zero-order valence-corrected chi connectivity index (χ0v) is 9.86. The van der Waals surface area contributed by atoms with E-state index in [0.717, 1.165) is 6.42 Å². The maximum Gasteiger partial charge on any atom is 1.00 e. The molecule has 1 rings (SSSR count). The Labute approximate surface area is 101 Å². The Bertz CT molecular complexity index is 191. The monoisotopic (exact) mass is 184 g/mol. The Morgan fingerprint density at radius 1 is 1.21 bits per heavy atom. The first kappa shape index (κ1) is 14.1. The molecular formula is C13H21Li. The van der Waals surface area contributed by atoms with Gasteiger partial charge in [-0.15, -0.1) is 6.42 Å². The Balaban J connectivity index is 0.00000169. The second-order valence-corrected chi connectivity index (χ2v) is 3.92. The number of hydrogen-bond acceptors (Lipinski definition) is 0. The molecule has 0 radical (unpaired) electrons. The van der Waals surface area contributed by atoms with Crippen molar-refractivity contribution in [3.05, 3.63) is 23.8 Å². The van der Waals surface area contributed by atoms with E-state index in [1.54, 1.807) is 0 Å². The van der Waals surface area contributed by atoms with Crippen LogP contribution in [0.15, 0.2) is 17.7 Å². The summed E-state index contributed by atoms with van der Waals surface area (Å²) < 4.78 is 0. The normalized spacial score (nSPS) is 18.6. The number of hydrogen-bond donors (Lipinski definition) is 0. The molecule has 14 heavy (non-hydrogen) atoms. The summed E-state index contributed by atoms with van der Waals surface area (Å²) in [7, 11) is 0. The van der Waals surface area contributed by atoms with E-state index in [2.05, 4.69) is 19.6 Å². The van der Waals surface area contributed by atoms with Crippen LogP contribution in [-0.4, -0.2) is 0 Å². The van der Waals surface area contributed by atoms with E-state index in [1.165, 1.54) is 56.1 Å². The average molecular weight is 184 g/mol. The van der Waals surface area contributed by atoms with E-state index in [-0.39, 0.29) is 18.9 Å². The Morgan fingerprint density at radius 2 is 2.00 bits per heavy atom. The van der Waals surface area contributed by atoms with Gasteiger partial charge in [-0.3, -0.25) is 6.08 Å². The van der Waals surface area contributed by atoms with Crippen LogP contribution in [0.4, 0.5) is 0 Å². The first-order chi connectivity index (χ1) is 6.34. The molecule has 0 nitrogen and oxygen atoms in total. The van der Waals surface area contributed by atoms with Crippen molar-refractivity contribution in [1.82, 2.24) is 0 Å². The molecule has 0 bridgehead atoms. The van der Waals surface area contributed by atoms with Gasteiger partial charge in [0.15, 0.2) is 0 Å². The summed E-state index contributed by atoms with van der Waals surface area (Å²) in [5.74, 6) is 0. The van der Waals surface area contributed by atoms with Crippen LogP contribution in [0, 0.1) is 6.08 Å². The predicted octanol–water partition coefficient (Wildman–Crippen LogP) is 1.43. The second-order valence-electron chi connectivity index (χ2n) is 3.92. The van der Waals surface area contributed by atoms with Gasteiger partial charge >= 0.3 is 18.9 Å². The fourth-order valence-electron chi connectivity index (χ4n) is 1.81. The van der Waals surface area contributed by atoms with Gasteiger partial charge in [0.1, 0.15) is 0 Å². The fourth-order valence-corrected chi connectivity index (χ4v) is 1.81. The van der Waals surface area contributed by atoms with Gasteiger partial charge in [0.05, 0.1) is 0 Å². The molecule has 1 aliphatic rings. The first-order valence-electron chi connectivity index (χ1n) is 5.62. The van der Waals surface area contributed by atoms with Crippen LogP contribution in [0.5, 0.6) is 0 Å². The Morgan fingerprint density at radius 3 is 2.57 bits per heavy atom. The summed E-state index contributed by atoms with van der Waals surface area (Å²) in [6.45, 7) is 6.30. The summed E-state index contributed by atoms with van der Waals surface area (Å²) in [6, 6.07) is 0. The van der Waals surface area contributed by atoms with E-state index in [0.29, 0.717) is 0 Å². The van der Waals surface area contributed by atoms with Crippen LogP contribution < -0.4 is 18.9 Å². The molecule has 74 valence electrons. The van der Waals surface area contributed by atoms with Crippen molar-refractivity contribution in [2.45, 2.75) is 58.3 Å². The fraction of sp³-hybridized carbons (Fsp3) is 0.692. The zero-order valence-electron chi connectivity index (χ0n) is 9.86. The van der Waals surface area contributed by atoms with E-state index in [4.69, 9.17) is 0 Å². The summed E-state index contributed by atoms with van der Waals surface area (Å²) in [4.78, 5) is 0. The Kier molecular flexibility index (Phi) is 8.44. The second kappa shape index (κ2) is 8.39. The van der Waals surface area contributed by atoms with E-state index in [1.807, 2.05) is 0 Å². The number of unbranched alkanes of at least 4 members (excludes halogenated alkanes) is 4. The van der Waals surface area contributed by atoms with Crippen LogP contribution >= 0.6 is 0 Å². The van der Waals surface area contributed by atoms with Crippen molar-refractivity contribution in [2.75, 3.05) is 0 Å². The molecule has 0 heterocycles. The standard InChI is InChI=1S/C13H21.Li/c1-3-4-5-6-7-10-13-11-8-9-12(13)2;/h2-9,11H2,1H3;/q-1;+1. The van der Waals surface area contributed by atoms with Crippen LogP contribution in [-0.2, 0) is 0 Å². The molecule has 1 saturated carbocycles. The largest absolute Gasteiger partial charge is 1.00 e. The molecule has 0 N–H and O–H groups in total. The van der Waals surface area contributed by atoms with Crippen LogP contribution in [0.25, 0.3) is 0 Å². The van der Waals surface area contributed by atoms with Crippen molar-refractivity contribution < 1.29 is 18.9 Å². The van der Waals surface area contributed by atoms with E-state index in [9.17, 15) is 0 Å². The minimum absolute atomic E-state index is 0. The van der Waals surface area contributed by atoms with Crippen LogP contribution in [0.3, 0.4) is 0 Å². The van der Waals surface area contributed by atoms with E-state index >= 15 is 0 Å². The van der Waals surface area contributed by atoms with Gasteiger partial charge in [0.25, 0.3) is 0 Å². The molecule has 1 heteroatoms. The third-order valence-electron chi connectivity index (χ3n) is 2.70. The van der Waals surface area contributed by atoms with Gasteiger partial charge in [0.2, 0.25) is 0 Å². The summed E-state index contributed by atoms with van der Waals surface area (Å²) in [6.07, 6.45) is 13.8. The molecular weight excluding hydrogens is 163 g/mol. The molecule has 0 unspecified atom stereocenters. The van der Waals surface area contributed by atoms with E-state index < -0.39 is 0 Å². The molecule has 0 amide bonds. The van der Waals surface area contributed by atoms with Gasteiger partial charge in [-0.2, -0.15) is 12.2 Å². The van der Waals surface area contributed by atoms with Crippen molar-refractivity contribution in [3.8, 4) is 0 Å². The molecule has 0 atom stereocenters. The van der Waals surface area contributed by atoms with Gasteiger partial charge in [-0.05, 0) is 0 Å². The van der Waals surface area contributed by atoms with Gasteiger partial charge < -0.3 is 0 Å².